The number of rotatable bonds is 9. The molecule has 2 heterocycles. The number of anilines is 1. The zero-order valence-corrected chi connectivity index (χ0v) is 18.4. The van der Waals surface area contributed by atoms with Crippen LogP contribution in [0.25, 0.3) is 17.2 Å². The largest absolute Gasteiger partial charge is 0.497 e. The summed E-state index contributed by atoms with van der Waals surface area (Å²) in [7, 11) is 1.63. The normalized spacial score (nSPS) is 11.0. The SMILES string of the molecule is COc1ccc(CNCCNc2nonc2-c2noc(=O)n2-c2ccc(F)c(Br)c2)cc1. The van der Waals surface area contributed by atoms with Crippen LogP contribution in [0, 0.1) is 5.82 Å². The Morgan fingerprint density at radius 3 is 2.69 bits per heavy atom. The van der Waals surface area contributed by atoms with Gasteiger partial charge in [-0.1, -0.05) is 17.3 Å². The van der Waals surface area contributed by atoms with Crippen molar-refractivity contribution in [3.05, 3.63) is 68.9 Å². The predicted octanol–water partition coefficient (Wildman–Crippen LogP) is 2.99. The minimum absolute atomic E-state index is 0.0726. The molecule has 0 aliphatic heterocycles. The van der Waals surface area contributed by atoms with Gasteiger partial charge in [0.1, 0.15) is 11.6 Å². The zero-order valence-electron chi connectivity index (χ0n) is 16.8. The molecule has 0 spiro atoms. The van der Waals surface area contributed by atoms with E-state index in [4.69, 9.17) is 13.9 Å². The molecule has 0 fully saturated rings. The molecule has 4 rings (SSSR count). The Morgan fingerprint density at radius 1 is 1.12 bits per heavy atom. The quantitative estimate of drug-likeness (QED) is 0.331. The van der Waals surface area contributed by atoms with E-state index in [1.54, 1.807) is 7.11 Å². The number of hydrogen-bond donors (Lipinski definition) is 2. The molecule has 0 saturated heterocycles. The van der Waals surface area contributed by atoms with Gasteiger partial charge in [0, 0.05) is 19.6 Å². The van der Waals surface area contributed by atoms with Gasteiger partial charge in [0.15, 0.2) is 5.69 Å². The van der Waals surface area contributed by atoms with Crippen molar-refractivity contribution in [1.82, 2.24) is 25.4 Å². The Kier molecular flexibility index (Phi) is 6.61. The maximum Gasteiger partial charge on any atom is 0.446 e. The third kappa shape index (κ3) is 4.70. The van der Waals surface area contributed by atoms with E-state index in [2.05, 4.69) is 42.0 Å². The van der Waals surface area contributed by atoms with Gasteiger partial charge in [0.25, 0.3) is 0 Å². The van der Waals surface area contributed by atoms with Gasteiger partial charge in [-0.15, -0.1) is 0 Å². The van der Waals surface area contributed by atoms with Gasteiger partial charge in [-0.05, 0) is 62.1 Å². The molecule has 0 atom stereocenters. The fraction of sp³-hybridized carbons (Fsp3) is 0.200. The fourth-order valence-corrected chi connectivity index (χ4v) is 3.31. The summed E-state index contributed by atoms with van der Waals surface area (Å²) in [6, 6.07) is 11.8. The van der Waals surface area contributed by atoms with Crippen LogP contribution in [-0.2, 0) is 6.54 Å². The van der Waals surface area contributed by atoms with Gasteiger partial charge in [-0.3, -0.25) is 4.52 Å². The van der Waals surface area contributed by atoms with Gasteiger partial charge >= 0.3 is 5.76 Å². The average molecular weight is 505 g/mol. The van der Waals surface area contributed by atoms with Crippen LogP contribution in [0.1, 0.15) is 5.56 Å². The molecule has 4 aromatic rings. The number of halogens is 2. The first kappa shape index (κ1) is 21.7. The molecule has 10 nitrogen and oxygen atoms in total. The number of methoxy groups -OCH3 is 1. The van der Waals surface area contributed by atoms with E-state index in [1.165, 1.54) is 18.2 Å². The fourth-order valence-electron chi connectivity index (χ4n) is 2.95. The Morgan fingerprint density at radius 2 is 1.94 bits per heavy atom. The molecule has 2 N–H and O–H groups in total. The van der Waals surface area contributed by atoms with Crippen molar-refractivity contribution in [3.8, 4) is 23.0 Å². The van der Waals surface area contributed by atoms with Gasteiger partial charge < -0.3 is 15.4 Å². The minimum atomic E-state index is -0.756. The summed E-state index contributed by atoms with van der Waals surface area (Å²) in [5.41, 5.74) is 1.65. The summed E-state index contributed by atoms with van der Waals surface area (Å²) in [6.07, 6.45) is 0. The molecule has 2 aromatic heterocycles. The highest BCUT2D eigenvalue weighted by Gasteiger charge is 2.23. The molecule has 32 heavy (non-hydrogen) atoms. The van der Waals surface area contributed by atoms with E-state index >= 15 is 0 Å². The highest BCUT2D eigenvalue weighted by Crippen LogP contribution is 2.26. The third-order valence-corrected chi connectivity index (χ3v) is 5.16. The summed E-state index contributed by atoms with van der Waals surface area (Å²) in [6.45, 7) is 1.80. The molecule has 166 valence electrons. The van der Waals surface area contributed by atoms with E-state index in [1.807, 2.05) is 24.3 Å². The van der Waals surface area contributed by atoms with Gasteiger partial charge in [0.05, 0.1) is 17.3 Å². The summed E-state index contributed by atoms with van der Waals surface area (Å²) < 4.78 is 29.7. The molecule has 2 aromatic carbocycles. The minimum Gasteiger partial charge on any atom is -0.497 e. The third-order valence-electron chi connectivity index (χ3n) is 4.55. The topological polar surface area (TPSA) is 120 Å². The molecule has 12 heteroatoms. The van der Waals surface area contributed by atoms with Crippen LogP contribution in [0.4, 0.5) is 10.2 Å². The van der Waals surface area contributed by atoms with Gasteiger partial charge in [0.2, 0.25) is 11.6 Å². The predicted molar refractivity (Wildman–Crippen MR) is 116 cm³/mol. The highest BCUT2D eigenvalue weighted by molar-refractivity contribution is 9.10. The first-order valence-electron chi connectivity index (χ1n) is 9.51. The van der Waals surface area contributed by atoms with Crippen LogP contribution in [-0.4, -0.2) is 40.2 Å². The lowest BCUT2D eigenvalue weighted by Crippen LogP contribution is -2.22. The van der Waals surface area contributed by atoms with Crippen LogP contribution in [0.5, 0.6) is 5.75 Å². The van der Waals surface area contributed by atoms with Crippen LogP contribution < -0.4 is 21.1 Å². The van der Waals surface area contributed by atoms with Crippen molar-refractivity contribution < 1.29 is 18.3 Å². The molecule has 0 unspecified atom stereocenters. The van der Waals surface area contributed by atoms with Gasteiger partial charge in [-0.25, -0.2) is 18.4 Å². The number of hydrogen-bond acceptors (Lipinski definition) is 9. The summed E-state index contributed by atoms with van der Waals surface area (Å²) in [5.74, 6) is -0.0512. The van der Waals surface area contributed by atoms with Crippen molar-refractivity contribution >= 4 is 21.7 Å². The Hall–Kier alpha value is -3.51. The zero-order chi connectivity index (χ0) is 22.5. The lowest BCUT2D eigenvalue weighted by Gasteiger charge is -2.07. The smallest absolute Gasteiger partial charge is 0.446 e. The van der Waals surface area contributed by atoms with E-state index < -0.39 is 11.6 Å². The molecule has 0 bridgehead atoms. The van der Waals surface area contributed by atoms with Crippen LogP contribution in [0.15, 0.2) is 60.9 Å². The Balaban J connectivity index is 1.42. The number of benzene rings is 2. The van der Waals surface area contributed by atoms with Crippen molar-refractivity contribution in [2.75, 3.05) is 25.5 Å². The van der Waals surface area contributed by atoms with Crippen molar-refractivity contribution in [3.63, 3.8) is 0 Å². The van der Waals surface area contributed by atoms with Crippen molar-refractivity contribution in [2.45, 2.75) is 6.54 Å². The monoisotopic (exact) mass is 504 g/mol. The maximum absolute atomic E-state index is 13.6. The van der Waals surface area contributed by atoms with Crippen molar-refractivity contribution in [2.24, 2.45) is 0 Å². The highest BCUT2D eigenvalue weighted by atomic mass is 79.9. The van der Waals surface area contributed by atoms with Gasteiger partial charge in [-0.2, -0.15) is 0 Å². The molecule has 0 radical (unpaired) electrons. The molecule has 0 saturated carbocycles. The van der Waals surface area contributed by atoms with Crippen LogP contribution in [0.3, 0.4) is 0 Å². The average Bonchev–Trinajstić information content (AvgIpc) is 3.42. The second kappa shape index (κ2) is 9.75. The second-order valence-corrected chi connectivity index (χ2v) is 7.47. The lowest BCUT2D eigenvalue weighted by molar-refractivity contribution is 0.309. The van der Waals surface area contributed by atoms with E-state index in [-0.39, 0.29) is 16.0 Å². The number of nitrogens with one attached hydrogen (secondary N) is 2. The summed E-state index contributed by atoms with van der Waals surface area (Å²) in [4.78, 5) is 12.2. The molecular weight excluding hydrogens is 487 g/mol. The van der Waals surface area contributed by atoms with Crippen LogP contribution in [0.2, 0.25) is 0 Å². The number of aromatic nitrogens is 4. The van der Waals surface area contributed by atoms with E-state index in [0.717, 1.165) is 15.9 Å². The molecular formula is C20H18BrFN6O4. The molecule has 0 aliphatic rings. The number of ether oxygens (including phenoxy) is 1. The number of nitrogens with zero attached hydrogens (tertiary/aromatic N) is 4. The maximum atomic E-state index is 13.6. The Labute approximate surface area is 189 Å². The van der Waals surface area contributed by atoms with E-state index in [9.17, 15) is 9.18 Å². The lowest BCUT2D eigenvalue weighted by atomic mass is 10.2. The first-order valence-corrected chi connectivity index (χ1v) is 10.3. The summed E-state index contributed by atoms with van der Waals surface area (Å²) in [5, 5.41) is 17.9. The molecule has 0 aliphatic carbocycles. The standard InChI is InChI=1S/C20H18BrFN6O4/c1-30-14-5-2-12(3-6-14)11-23-8-9-24-18-17(25-32-26-18)19-27-31-20(29)28(19)13-4-7-16(22)15(21)10-13/h2-7,10,23H,8-9,11H2,1H3,(H,24,26). The second-order valence-electron chi connectivity index (χ2n) is 6.62. The first-order chi connectivity index (χ1) is 15.6. The summed E-state index contributed by atoms with van der Waals surface area (Å²) >= 11 is 3.10. The van der Waals surface area contributed by atoms with Crippen LogP contribution >= 0.6 is 15.9 Å². The van der Waals surface area contributed by atoms with E-state index in [0.29, 0.717) is 31.1 Å². The molecule has 0 amide bonds. The van der Waals surface area contributed by atoms with Crippen molar-refractivity contribution in [1.29, 1.82) is 0 Å². The Bertz CT molecular complexity index is 1250.